The van der Waals surface area contributed by atoms with Crippen molar-refractivity contribution in [2.24, 2.45) is 0 Å². The topological polar surface area (TPSA) is 82.7 Å². The normalized spacial score (nSPS) is 12.0. The van der Waals surface area contributed by atoms with Crippen LogP contribution in [0.1, 0.15) is 5.56 Å². The van der Waals surface area contributed by atoms with Crippen LogP contribution in [0.3, 0.4) is 0 Å². The zero-order chi connectivity index (χ0) is 68.3. The number of para-hydroxylation sites is 10. The molecular weight excluding hydrogens is 1270 g/mol. The van der Waals surface area contributed by atoms with Crippen molar-refractivity contribution in [1.29, 1.82) is 5.26 Å². The lowest BCUT2D eigenvalue weighted by Crippen LogP contribution is -2.12. The minimum Gasteiger partial charge on any atom is -0.455 e. The van der Waals surface area contributed by atoms with Crippen LogP contribution in [-0.2, 0) is 0 Å². The molecule has 0 saturated heterocycles. The van der Waals surface area contributed by atoms with E-state index >= 15 is 0 Å². The van der Waals surface area contributed by atoms with Crippen molar-refractivity contribution in [1.82, 2.24) is 23.3 Å². The lowest BCUT2D eigenvalue weighted by atomic mass is 9.83. The molecule has 482 valence electrons. The number of rotatable bonds is 9. The molecule has 15 aromatic carbocycles. The van der Waals surface area contributed by atoms with Gasteiger partial charge >= 0.3 is 0 Å². The minimum atomic E-state index is 0.428. The van der Waals surface area contributed by atoms with Gasteiger partial charge in [0.15, 0.2) is 0 Å². The Morgan fingerprint density at radius 1 is 0.260 bits per heavy atom. The van der Waals surface area contributed by atoms with Crippen LogP contribution in [0.25, 0.3) is 210 Å². The Balaban J connectivity index is 0.861. The zero-order valence-corrected chi connectivity index (χ0v) is 55.8. The largest absolute Gasteiger partial charge is 0.455 e. The van der Waals surface area contributed by atoms with Crippen LogP contribution in [0.2, 0.25) is 0 Å². The summed E-state index contributed by atoms with van der Waals surface area (Å²) in [5.74, 6) is 0. The van der Waals surface area contributed by atoms with Crippen molar-refractivity contribution in [3.8, 4) is 84.6 Å². The predicted octanol–water partition coefficient (Wildman–Crippen LogP) is 25.5. The van der Waals surface area contributed by atoms with Crippen LogP contribution in [0, 0.1) is 11.3 Å². The first-order valence-electron chi connectivity index (χ1n) is 35.2. The monoisotopic (exact) mass is 1320 g/mol. The molecule has 0 unspecified atom stereocenters. The summed E-state index contributed by atoms with van der Waals surface area (Å²) >= 11 is 0. The van der Waals surface area contributed by atoms with Gasteiger partial charge in [-0.1, -0.05) is 224 Å². The summed E-state index contributed by atoms with van der Waals surface area (Å²) in [5, 5.41) is 25.8. The van der Waals surface area contributed by atoms with Gasteiger partial charge in [0.25, 0.3) is 0 Å². The molecular formula is C96H56N6O2. The maximum Gasteiger partial charge on any atom is 0.143 e. The highest BCUT2D eigenvalue weighted by atomic mass is 16.3. The number of furan rings is 2. The van der Waals surface area contributed by atoms with Crippen LogP contribution in [0.15, 0.2) is 349 Å². The van der Waals surface area contributed by atoms with Crippen molar-refractivity contribution >= 4 is 131 Å². The first kappa shape index (κ1) is 57.6. The molecule has 0 fully saturated rings. The fourth-order valence-electron chi connectivity index (χ4n) is 17.2. The molecule has 0 N–H and O–H groups in total. The van der Waals surface area contributed by atoms with E-state index in [0.717, 1.165) is 138 Å². The molecule has 7 heterocycles. The second-order valence-electron chi connectivity index (χ2n) is 27.1. The quantitative estimate of drug-likeness (QED) is 0.144. The Morgan fingerprint density at radius 3 is 1.01 bits per heavy atom. The van der Waals surface area contributed by atoms with Crippen LogP contribution in [0.4, 0.5) is 0 Å². The third-order valence-electron chi connectivity index (χ3n) is 21.7. The van der Waals surface area contributed by atoms with Gasteiger partial charge in [-0.25, -0.2) is 0 Å². The van der Waals surface area contributed by atoms with E-state index in [2.05, 4.69) is 316 Å². The average Bonchev–Trinajstić information content (AvgIpc) is 1.44. The van der Waals surface area contributed by atoms with Gasteiger partial charge in [-0.2, -0.15) is 5.26 Å². The van der Waals surface area contributed by atoms with Crippen LogP contribution < -0.4 is 0 Å². The molecule has 0 aliphatic heterocycles. The first-order chi connectivity index (χ1) is 51.6. The van der Waals surface area contributed by atoms with E-state index < -0.39 is 0 Å². The number of nitrogens with zero attached hydrogens (tertiary/aromatic N) is 6. The predicted molar refractivity (Wildman–Crippen MR) is 428 cm³/mol. The van der Waals surface area contributed by atoms with Gasteiger partial charge in [0.2, 0.25) is 0 Å². The molecule has 8 nitrogen and oxygen atoms in total. The molecule has 0 aliphatic carbocycles. The summed E-state index contributed by atoms with van der Waals surface area (Å²) in [5.41, 5.74) is 24.2. The zero-order valence-electron chi connectivity index (χ0n) is 55.8. The van der Waals surface area contributed by atoms with E-state index in [9.17, 15) is 5.26 Å². The number of fused-ring (bicyclic) bond motifs is 18. The Bertz CT molecular complexity index is 7310. The molecule has 104 heavy (non-hydrogen) atoms. The van der Waals surface area contributed by atoms with Crippen LogP contribution in [0.5, 0.6) is 0 Å². The van der Waals surface area contributed by atoms with Crippen LogP contribution in [-0.4, -0.2) is 23.3 Å². The number of aromatic nitrogens is 5. The van der Waals surface area contributed by atoms with E-state index in [1.54, 1.807) is 0 Å². The minimum absolute atomic E-state index is 0.428. The Hall–Kier alpha value is -14.3. The number of pyridine rings is 1. The molecule has 8 heteroatoms. The Labute approximate surface area is 594 Å². The molecule has 22 rings (SSSR count). The smallest absolute Gasteiger partial charge is 0.143 e. The van der Waals surface area contributed by atoms with Crippen molar-refractivity contribution in [2.75, 3.05) is 0 Å². The molecule has 0 aliphatic rings. The summed E-state index contributed by atoms with van der Waals surface area (Å²) in [6.45, 7) is 0. The first-order valence-corrected chi connectivity index (χ1v) is 35.2. The highest BCUT2D eigenvalue weighted by Gasteiger charge is 2.35. The molecule has 7 aromatic heterocycles. The van der Waals surface area contributed by atoms with E-state index in [-0.39, 0.29) is 0 Å². The highest BCUT2D eigenvalue weighted by Crippen LogP contribution is 2.55. The summed E-state index contributed by atoms with van der Waals surface area (Å²) in [6, 6.07) is 122. The molecule has 0 bridgehead atoms. The van der Waals surface area contributed by atoms with Gasteiger partial charge in [0, 0.05) is 110 Å². The average molecular weight is 1330 g/mol. The molecule has 0 radical (unpaired) electrons. The number of nitriles is 1. The van der Waals surface area contributed by atoms with Gasteiger partial charge in [-0.05, 0) is 131 Å². The molecule has 22 aromatic rings. The van der Waals surface area contributed by atoms with Gasteiger partial charge in [0.1, 0.15) is 28.4 Å². The van der Waals surface area contributed by atoms with Gasteiger partial charge in [0.05, 0.1) is 66.8 Å². The third-order valence-corrected chi connectivity index (χ3v) is 21.7. The molecule has 0 saturated carbocycles. The van der Waals surface area contributed by atoms with E-state index in [1.807, 2.05) is 48.7 Å². The molecule has 0 amide bonds. The summed E-state index contributed by atoms with van der Waals surface area (Å²) in [6.07, 6.45) is 1.83. The number of benzene rings is 15. The summed E-state index contributed by atoms with van der Waals surface area (Å²) in [7, 11) is 0. The molecule has 0 atom stereocenters. The fraction of sp³-hybridized carbons (Fsp3) is 0. The van der Waals surface area contributed by atoms with Crippen LogP contribution >= 0.6 is 0 Å². The van der Waals surface area contributed by atoms with Crippen molar-refractivity contribution in [2.45, 2.75) is 0 Å². The molecule has 0 spiro atoms. The SMILES string of the molecule is N#Cc1c(-c2ccccn2)c(-c2cccc3c2oc2ccccc23)c(-n2c3ccccc3c3cc(-c4ccc(-n5c6ccccc6c6ccccc65)cc4)ccc32)c(-n2c3ccccc3c3cc(-c4ccc(-n5c6ccccc6c6ccccc65)cc4)ccc32)c1-c1cccc2c1oc1ccccc12. The third kappa shape index (κ3) is 8.32. The van der Waals surface area contributed by atoms with Crippen molar-refractivity contribution < 1.29 is 8.83 Å². The lowest BCUT2D eigenvalue weighted by molar-refractivity contribution is 0.669. The maximum atomic E-state index is 12.8. The van der Waals surface area contributed by atoms with E-state index in [0.29, 0.717) is 33.6 Å². The fourth-order valence-corrected chi connectivity index (χ4v) is 17.2. The Kier molecular flexibility index (Phi) is 12.4. The van der Waals surface area contributed by atoms with Gasteiger partial charge < -0.3 is 27.1 Å². The second kappa shape index (κ2) is 22.4. The lowest BCUT2D eigenvalue weighted by Gasteiger charge is -2.28. The number of hydrogen-bond donors (Lipinski definition) is 0. The maximum absolute atomic E-state index is 12.8. The summed E-state index contributed by atoms with van der Waals surface area (Å²) in [4.78, 5) is 5.30. The van der Waals surface area contributed by atoms with Gasteiger partial charge in [-0.15, -0.1) is 0 Å². The van der Waals surface area contributed by atoms with E-state index in [1.165, 1.54) is 43.6 Å². The highest BCUT2D eigenvalue weighted by molar-refractivity contribution is 6.21. The van der Waals surface area contributed by atoms with Crippen molar-refractivity contribution in [3.05, 3.63) is 345 Å². The Morgan fingerprint density at radius 2 is 0.596 bits per heavy atom. The summed E-state index contributed by atoms with van der Waals surface area (Å²) < 4.78 is 24.1. The number of hydrogen-bond acceptors (Lipinski definition) is 4. The van der Waals surface area contributed by atoms with Crippen molar-refractivity contribution in [3.63, 3.8) is 0 Å². The standard InChI is InChI=1S/C96H56N6O2/c97-57-78-90(74-31-19-29-72-70-27-7-15-40-88(70)103-95(72)74)93(101-84-38-13-5-25-68(84)76-55-60(46-52-86(76)101)58-42-48-62(49-43-58)99-80-34-9-1-21-64(80)65-22-2-10-35-81(65)99)94(92(91(78)79-33-17-18-54-98-79)75-32-20-30-73-71-28-8-16-41-89(71)104-96(73)75)102-85-39-14-6-26-69(85)77-56-61(47-53-87(77)102)59-44-50-63(51-45-59)100-82-36-11-3-23-66(82)67-24-4-12-37-83(67)100/h1-56H. The second-order valence-corrected chi connectivity index (χ2v) is 27.1. The van der Waals surface area contributed by atoms with Gasteiger partial charge in [-0.3, -0.25) is 4.98 Å². The van der Waals surface area contributed by atoms with E-state index in [4.69, 9.17) is 13.8 Å².